The van der Waals surface area contributed by atoms with E-state index in [1.165, 1.54) is 11.3 Å². The number of nitriles is 1. The number of anilines is 2. The Morgan fingerprint density at radius 3 is 2.57 bits per heavy atom. The van der Waals surface area contributed by atoms with Crippen LogP contribution in [0.5, 0.6) is 0 Å². The minimum atomic E-state index is -0.844. The fourth-order valence-electron chi connectivity index (χ4n) is 1.82. The van der Waals surface area contributed by atoms with Crippen LogP contribution in [0.3, 0.4) is 0 Å². The summed E-state index contributed by atoms with van der Waals surface area (Å²) in [6.07, 6.45) is 0. The molecule has 3 aromatic rings. The van der Waals surface area contributed by atoms with Crippen LogP contribution in [0, 0.1) is 23.0 Å². The summed E-state index contributed by atoms with van der Waals surface area (Å²) in [7, 11) is 0. The average Bonchev–Trinajstić information content (AvgIpc) is 2.84. The highest BCUT2D eigenvalue weighted by Crippen LogP contribution is 2.32. The van der Waals surface area contributed by atoms with Crippen molar-refractivity contribution in [1.82, 2.24) is 4.98 Å². The van der Waals surface area contributed by atoms with E-state index in [4.69, 9.17) is 16.9 Å². The molecule has 0 unspecified atom stereocenters. The second-order valence-electron chi connectivity index (χ2n) is 4.18. The number of hydrogen-bond donors (Lipinski definition) is 1. The summed E-state index contributed by atoms with van der Waals surface area (Å²) in [5, 5.41) is 12.2. The van der Waals surface area contributed by atoms with Crippen LogP contribution >= 0.6 is 22.9 Å². The maximum absolute atomic E-state index is 13.8. The first-order valence-corrected chi connectivity index (χ1v) is 6.98. The molecular formula is C14H6ClF2N3S. The monoisotopic (exact) mass is 321 g/mol. The lowest BCUT2D eigenvalue weighted by Gasteiger charge is -2.05. The summed E-state index contributed by atoms with van der Waals surface area (Å²) in [4.78, 5) is 4.22. The lowest BCUT2D eigenvalue weighted by atomic mass is 10.2. The molecule has 0 aliphatic heterocycles. The molecule has 3 rings (SSSR count). The molecule has 1 heterocycles. The van der Waals surface area contributed by atoms with Gasteiger partial charge in [-0.2, -0.15) is 5.26 Å². The van der Waals surface area contributed by atoms with Crippen molar-refractivity contribution < 1.29 is 8.78 Å². The quantitative estimate of drug-likeness (QED) is 0.734. The molecule has 0 radical (unpaired) electrons. The Morgan fingerprint density at radius 1 is 1.19 bits per heavy atom. The van der Waals surface area contributed by atoms with Crippen LogP contribution in [0.2, 0.25) is 5.02 Å². The van der Waals surface area contributed by atoms with Gasteiger partial charge in [0.15, 0.2) is 16.8 Å². The largest absolute Gasteiger partial charge is 0.327 e. The number of aromatic nitrogens is 1. The van der Waals surface area contributed by atoms with E-state index < -0.39 is 11.6 Å². The van der Waals surface area contributed by atoms with Gasteiger partial charge in [0.05, 0.1) is 21.8 Å². The highest BCUT2D eigenvalue weighted by molar-refractivity contribution is 7.22. The molecule has 3 nitrogen and oxygen atoms in total. The predicted molar refractivity (Wildman–Crippen MR) is 79.0 cm³/mol. The Labute approximate surface area is 127 Å². The maximum atomic E-state index is 13.8. The third-order valence-electron chi connectivity index (χ3n) is 2.75. The molecule has 104 valence electrons. The Bertz CT molecular complexity index is 863. The molecule has 1 N–H and O–H groups in total. The van der Waals surface area contributed by atoms with E-state index in [-0.39, 0.29) is 11.3 Å². The molecule has 0 saturated heterocycles. The SMILES string of the molecule is N#Cc1cc(F)c(Nc2nc3ccc(Cl)cc3s2)c(F)c1. The van der Waals surface area contributed by atoms with Crippen molar-refractivity contribution in [3.8, 4) is 6.07 Å². The van der Waals surface area contributed by atoms with Crippen LogP contribution in [-0.4, -0.2) is 4.98 Å². The van der Waals surface area contributed by atoms with Crippen LogP contribution in [-0.2, 0) is 0 Å². The Morgan fingerprint density at radius 2 is 1.90 bits per heavy atom. The second kappa shape index (κ2) is 5.28. The molecule has 0 aliphatic rings. The molecule has 0 spiro atoms. The number of nitrogens with zero attached hydrogens (tertiary/aromatic N) is 2. The summed E-state index contributed by atoms with van der Waals surface area (Å²) in [5.41, 5.74) is 0.271. The minimum Gasteiger partial charge on any atom is -0.327 e. The van der Waals surface area contributed by atoms with E-state index in [0.29, 0.717) is 15.7 Å². The summed E-state index contributed by atoms with van der Waals surface area (Å²) in [6, 6.07) is 8.77. The van der Waals surface area contributed by atoms with Gasteiger partial charge in [-0.25, -0.2) is 13.8 Å². The summed E-state index contributed by atoms with van der Waals surface area (Å²) >= 11 is 7.11. The van der Waals surface area contributed by atoms with Crippen molar-refractivity contribution in [3.05, 3.63) is 52.6 Å². The van der Waals surface area contributed by atoms with Gasteiger partial charge in [0, 0.05) is 5.02 Å². The number of hydrogen-bond acceptors (Lipinski definition) is 4. The number of halogens is 3. The summed E-state index contributed by atoms with van der Waals surface area (Å²) in [5.74, 6) is -1.69. The zero-order valence-electron chi connectivity index (χ0n) is 10.3. The minimum absolute atomic E-state index is 0.0772. The predicted octanol–water partition coefficient (Wildman–Crippen LogP) is 4.84. The molecule has 2 aromatic carbocycles. The van der Waals surface area contributed by atoms with E-state index in [9.17, 15) is 8.78 Å². The van der Waals surface area contributed by atoms with E-state index in [0.717, 1.165) is 16.8 Å². The third kappa shape index (κ3) is 2.66. The first-order valence-electron chi connectivity index (χ1n) is 5.79. The molecule has 0 aliphatic carbocycles. The summed E-state index contributed by atoms with van der Waals surface area (Å²) in [6.45, 7) is 0. The van der Waals surface area contributed by atoms with E-state index in [1.54, 1.807) is 24.3 Å². The van der Waals surface area contributed by atoms with Gasteiger partial charge in [-0.3, -0.25) is 0 Å². The zero-order valence-corrected chi connectivity index (χ0v) is 11.9. The Kier molecular flexibility index (Phi) is 3.45. The molecule has 21 heavy (non-hydrogen) atoms. The molecule has 0 saturated carbocycles. The molecule has 0 atom stereocenters. The number of rotatable bonds is 2. The first kappa shape index (κ1) is 13.7. The first-order chi connectivity index (χ1) is 10.1. The van der Waals surface area contributed by atoms with Crippen molar-refractivity contribution in [3.63, 3.8) is 0 Å². The summed E-state index contributed by atoms with van der Waals surface area (Å²) < 4.78 is 28.4. The van der Waals surface area contributed by atoms with Crippen LogP contribution in [0.4, 0.5) is 19.6 Å². The van der Waals surface area contributed by atoms with Crippen molar-refractivity contribution in [2.24, 2.45) is 0 Å². The second-order valence-corrected chi connectivity index (χ2v) is 5.65. The smallest absolute Gasteiger partial charge is 0.188 e. The molecule has 0 amide bonds. The van der Waals surface area contributed by atoms with Gasteiger partial charge in [-0.15, -0.1) is 0 Å². The van der Waals surface area contributed by atoms with Crippen LogP contribution < -0.4 is 5.32 Å². The van der Waals surface area contributed by atoms with Crippen molar-refractivity contribution >= 4 is 44.0 Å². The lowest BCUT2D eigenvalue weighted by molar-refractivity contribution is 0.590. The zero-order chi connectivity index (χ0) is 15.0. The average molecular weight is 322 g/mol. The van der Waals surface area contributed by atoms with Crippen molar-refractivity contribution in [2.45, 2.75) is 0 Å². The van der Waals surface area contributed by atoms with Crippen molar-refractivity contribution in [1.29, 1.82) is 5.26 Å². The standard InChI is InChI=1S/C14H6ClF2N3S/c15-8-1-2-11-12(5-8)21-14(19-11)20-13-9(16)3-7(6-18)4-10(13)17/h1-5H,(H,19,20). The molecule has 0 bridgehead atoms. The van der Waals surface area contributed by atoms with Gasteiger partial charge in [-0.05, 0) is 30.3 Å². The molecule has 0 fully saturated rings. The van der Waals surface area contributed by atoms with Gasteiger partial charge < -0.3 is 5.32 Å². The number of thiazole rings is 1. The fourth-order valence-corrected chi connectivity index (χ4v) is 2.96. The van der Waals surface area contributed by atoms with Gasteiger partial charge in [-0.1, -0.05) is 22.9 Å². The molecular weight excluding hydrogens is 316 g/mol. The maximum Gasteiger partial charge on any atom is 0.188 e. The van der Waals surface area contributed by atoms with Crippen LogP contribution in [0.25, 0.3) is 10.2 Å². The highest BCUT2D eigenvalue weighted by atomic mass is 35.5. The van der Waals surface area contributed by atoms with Crippen LogP contribution in [0.15, 0.2) is 30.3 Å². The Balaban J connectivity index is 2.01. The lowest BCUT2D eigenvalue weighted by Crippen LogP contribution is -1.98. The third-order valence-corrected chi connectivity index (χ3v) is 3.92. The fraction of sp³-hybridized carbons (Fsp3) is 0. The number of benzene rings is 2. The molecule has 1 aromatic heterocycles. The number of fused-ring (bicyclic) bond motifs is 1. The van der Waals surface area contributed by atoms with Crippen molar-refractivity contribution in [2.75, 3.05) is 5.32 Å². The van der Waals surface area contributed by atoms with Gasteiger partial charge >= 0.3 is 0 Å². The highest BCUT2D eigenvalue weighted by Gasteiger charge is 2.13. The van der Waals surface area contributed by atoms with E-state index in [1.807, 2.05) is 0 Å². The van der Waals surface area contributed by atoms with Gasteiger partial charge in [0.2, 0.25) is 0 Å². The number of nitrogens with one attached hydrogen (secondary N) is 1. The van der Waals surface area contributed by atoms with Gasteiger partial charge in [0.1, 0.15) is 5.69 Å². The normalized spacial score (nSPS) is 10.6. The van der Waals surface area contributed by atoms with Gasteiger partial charge in [0.25, 0.3) is 0 Å². The van der Waals surface area contributed by atoms with E-state index in [2.05, 4.69) is 10.3 Å². The topological polar surface area (TPSA) is 48.7 Å². The Hall–Kier alpha value is -2.23. The molecule has 7 heteroatoms. The van der Waals surface area contributed by atoms with E-state index >= 15 is 0 Å². The van der Waals surface area contributed by atoms with Crippen LogP contribution in [0.1, 0.15) is 5.56 Å².